The van der Waals surface area contributed by atoms with E-state index in [1.807, 2.05) is 18.2 Å². The minimum atomic E-state index is -0.760. The predicted octanol–water partition coefficient (Wildman–Crippen LogP) is 3.89. The number of hydrogen-bond acceptors (Lipinski definition) is 1. The van der Waals surface area contributed by atoms with Gasteiger partial charge in [0, 0.05) is 5.56 Å². The van der Waals surface area contributed by atoms with Crippen molar-refractivity contribution in [1.29, 1.82) is 0 Å². The van der Waals surface area contributed by atoms with E-state index in [1.54, 1.807) is 0 Å². The zero-order chi connectivity index (χ0) is 13.1. The van der Waals surface area contributed by atoms with Gasteiger partial charge in [-0.05, 0) is 48.6 Å². The van der Waals surface area contributed by atoms with E-state index in [-0.39, 0.29) is 0 Å². The normalized spacial score (nSPS) is 17.7. The van der Waals surface area contributed by atoms with Gasteiger partial charge in [-0.25, -0.2) is 0 Å². The molecule has 0 heterocycles. The summed E-state index contributed by atoms with van der Waals surface area (Å²) in [6.07, 6.45) is 5.02. The summed E-state index contributed by atoms with van der Waals surface area (Å²) < 4.78 is 0. The fourth-order valence-electron chi connectivity index (χ4n) is 2.72. The molecule has 2 aromatic rings. The van der Waals surface area contributed by atoms with Crippen molar-refractivity contribution in [3.05, 3.63) is 48.0 Å². The lowest BCUT2D eigenvalue weighted by Crippen LogP contribution is -2.29. The van der Waals surface area contributed by atoms with E-state index in [1.165, 1.54) is 17.2 Å². The third-order valence-corrected chi connectivity index (χ3v) is 3.87. The van der Waals surface area contributed by atoms with Gasteiger partial charge in [0.2, 0.25) is 0 Å². The van der Waals surface area contributed by atoms with Crippen LogP contribution >= 0.6 is 0 Å². The predicted molar refractivity (Wildman–Crippen MR) is 78.9 cm³/mol. The van der Waals surface area contributed by atoms with E-state index < -0.39 is 5.60 Å². The Morgan fingerprint density at radius 3 is 2.42 bits per heavy atom. The molecule has 19 heavy (non-hydrogen) atoms. The van der Waals surface area contributed by atoms with E-state index in [4.69, 9.17) is 0 Å². The summed E-state index contributed by atoms with van der Waals surface area (Å²) in [4.78, 5) is 0. The van der Waals surface area contributed by atoms with E-state index in [9.17, 15) is 5.11 Å². The molecule has 0 atom stereocenters. The second kappa shape index (κ2) is 5.07. The van der Waals surface area contributed by atoms with Crippen LogP contribution in [0.15, 0.2) is 42.5 Å². The maximum Gasteiger partial charge on any atom is 0.125 e. The Hall–Kier alpha value is -1.78. The van der Waals surface area contributed by atoms with Crippen LogP contribution in [0.3, 0.4) is 0 Å². The summed E-state index contributed by atoms with van der Waals surface area (Å²) in [6, 6.07) is 14.5. The molecule has 2 aromatic carbocycles. The van der Waals surface area contributed by atoms with Crippen LogP contribution in [-0.4, -0.2) is 10.7 Å². The van der Waals surface area contributed by atoms with Crippen LogP contribution < -0.4 is 0 Å². The molecule has 3 rings (SSSR count). The van der Waals surface area contributed by atoms with Crippen LogP contribution in [0.5, 0.6) is 0 Å². The lowest BCUT2D eigenvalue weighted by atomic mass is 9.85. The first-order valence-corrected chi connectivity index (χ1v) is 7.00. The van der Waals surface area contributed by atoms with Gasteiger partial charge in [-0.15, -0.1) is 0 Å². The van der Waals surface area contributed by atoms with Crippen molar-refractivity contribution >= 4 is 10.8 Å². The Labute approximate surface area is 114 Å². The molecule has 1 aliphatic rings. The minimum absolute atomic E-state index is 0.760. The van der Waals surface area contributed by atoms with E-state index in [2.05, 4.69) is 36.1 Å². The van der Waals surface area contributed by atoms with Crippen LogP contribution in [0.1, 0.15) is 37.7 Å². The molecule has 0 aromatic heterocycles. The van der Waals surface area contributed by atoms with Crippen molar-refractivity contribution in [2.75, 3.05) is 0 Å². The van der Waals surface area contributed by atoms with Crippen molar-refractivity contribution in [1.82, 2.24) is 0 Å². The highest BCUT2D eigenvalue weighted by atomic mass is 16.3. The molecule has 0 saturated heterocycles. The molecule has 1 heteroatoms. The van der Waals surface area contributed by atoms with Gasteiger partial charge in [0.1, 0.15) is 5.60 Å². The maximum atomic E-state index is 10.4. The molecule has 0 aliphatic heterocycles. The molecule has 0 spiro atoms. The topological polar surface area (TPSA) is 20.2 Å². The van der Waals surface area contributed by atoms with Crippen molar-refractivity contribution < 1.29 is 5.11 Å². The fourth-order valence-corrected chi connectivity index (χ4v) is 2.72. The molecule has 96 valence electrons. The molecule has 0 amide bonds. The lowest BCUT2D eigenvalue weighted by Gasteiger charge is -2.26. The lowest BCUT2D eigenvalue weighted by molar-refractivity contribution is 0.0610. The molecule has 0 radical (unpaired) electrons. The van der Waals surface area contributed by atoms with E-state index in [0.717, 1.165) is 31.2 Å². The number of benzene rings is 2. The van der Waals surface area contributed by atoms with Crippen molar-refractivity contribution in [2.24, 2.45) is 0 Å². The average Bonchev–Trinajstić information content (AvgIpc) is 2.46. The van der Waals surface area contributed by atoms with Gasteiger partial charge in [-0.1, -0.05) is 48.6 Å². The van der Waals surface area contributed by atoms with E-state index in [0.29, 0.717) is 0 Å². The summed E-state index contributed by atoms with van der Waals surface area (Å²) in [7, 11) is 0. The van der Waals surface area contributed by atoms with Gasteiger partial charge in [0.25, 0.3) is 0 Å². The van der Waals surface area contributed by atoms with Crippen LogP contribution in [0, 0.1) is 11.8 Å². The third-order valence-electron chi connectivity index (χ3n) is 3.87. The van der Waals surface area contributed by atoms with Gasteiger partial charge in [0.15, 0.2) is 0 Å². The molecule has 0 bridgehead atoms. The molecule has 1 aliphatic carbocycles. The van der Waals surface area contributed by atoms with Gasteiger partial charge >= 0.3 is 0 Å². The molecule has 1 fully saturated rings. The second-order valence-corrected chi connectivity index (χ2v) is 5.40. The van der Waals surface area contributed by atoms with Crippen LogP contribution in [0.4, 0.5) is 0 Å². The summed E-state index contributed by atoms with van der Waals surface area (Å²) in [5, 5.41) is 12.8. The second-order valence-electron chi connectivity index (χ2n) is 5.40. The molecular weight excluding hydrogens is 232 g/mol. The van der Waals surface area contributed by atoms with Crippen molar-refractivity contribution in [2.45, 2.75) is 37.7 Å². The van der Waals surface area contributed by atoms with Crippen molar-refractivity contribution in [3.8, 4) is 11.8 Å². The summed E-state index contributed by atoms with van der Waals surface area (Å²) in [5.74, 6) is 6.23. The Bertz CT molecular complexity index is 639. The van der Waals surface area contributed by atoms with Crippen LogP contribution in [-0.2, 0) is 0 Å². The number of rotatable bonds is 0. The molecular formula is C18H18O. The Balaban J connectivity index is 1.89. The van der Waals surface area contributed by atoms with Gasteiger partial charge in [-0.2, -0.15) is 0 Å². The highest BCUT2D eigenvalue weighted by Gasteiger charge is 2.26. The first kappa shape index (κ1) is 12.3. The summed E-state index contributed by atoms with van der Waals surface area (Å²) in [6.45, 7) is 0. The van der Waals surface area contributed by atoms with Gasteiger partial charge in [0.05, 0.1) is 0 Å². The van der Waals surface area contributed by atoms with Crippen LogP contribution in [0.2, 0.25) is 0 Å². The number of hydrogen-bond donors (Lipinski definition) is 1. The first-order chi connectivity index (χ1) is 9.25. The molecule has 1 N–H and O–H groups in total. The summed E-state index contributed by atoms with van der Waals surface area (Å²) in [5.41, 5.74) is 0.224. The Morgan fingerprint density at radius 1 is 0.895 bits per heavy atom. The zero-order valence-electron chi connectivity index (χ0n) is 11.0. The monoisotopic (exact) mass is 250 g/mol. The molecule has 1 saturated carbocycles. The SMILES string of the molecule is OC1(C#Cc2ccc3ccccc3c2)CCCCC1. The third kappa shape index (κ3) is 2.80. The van der Waals surface area contributed by atoms with Crippen LogP contribution in [0.25, 0.3) is 10.8 Å². The molecule has 1 nitrogen and oxygen atoms in total. The smallest absolute Gasteiger partial charge is 0.125 e. The largest absolute Gasteiger partial charge is 0.378 e. The standard InChI is InChI=1S/C18H18O/c19-18(11-4-1-5-12-18)13-10-15-8-9-16-6-2-3-7-17(16)14-15/h2-3,6-9,14,19H,1,4-5,11-12H2. The highest BCUT2D eigenvalue weighted by molar-refractivity contribution is 5.83. The minimum Gasteiger partial charge on any atom is -0.378 e. The average molecular weight is 250 g/mol. The quantitative estimate of drug-likeness (QED) is 0.703. The van der Waals surface area contributed by atoms with Crippen molar-refractivity contribution in [3.63, 3.8) is 0 Å². The number of fused-ring (bicyclic) bond motifs is 1. The Kier molecular flexibility index (Phi) is 3.27. The van der Waals surface area contributed by atoms with Gasteiger partial charge < -0.3 is 5.11 Å². The molecule has 0 unspecified atom stereocenters. The number of aliphatic hydroxyl groups is 1. The Morgan fingerprint density at radius 2 is 1.63 bits per heavy atom. The fraction of sp³-hybridized carbons (Fsp3) is 0.333. The summed E-state index contributed by atoms with van der Waals surface area (Å²) >= 11 is 0. The van der Waals surface area contributed by atoms with E-state index >= 15 is 0 Å². The first-order valence-electron chi connectivity index (χ1n) is 7.00. The maximum absolute atomic E-state index is 10.4. The zero-order valence-corrected chi connectivity index (χ0v) is 11.0. The highest BCUT2D eigenvalue weighted by Crippen LogP contribution is 2.27. The van der Waals surface area contributed by atoms with Gasteiger partial charge in [-0.3, -0.25) is 0 Å².